The molecule has 0 bridgehead atoms. The Morgan fingerprint density at radius 3 is 2.58 bits per heavy atom. The van der Waals surface area contributed by atoms with Gasteiger partial charge in [-0.05, 0) is 35.4 Å². The summed E-state index contributed by atoms with van der Waals surface area (Å²) in [7, 11) is 0. The molecule has 0 radical (unpaired) electrons. The van der Waals surface area contributed by atoms with Gasteiger partial charge in [-0.15, -0.1) is 0 Å². The van der Waals surface area contributed by atoms with Crippen molar-refractivity contribution in [3.05, 3.63) is 71.6 Å². The average molecular weight is 353 g/mol. The van der Waals surface area contributed by atoms with Crippen LogP contribution >= 0.6 is 0 Å². The molecule has 0 atom stereocenters. The number of benzene rings is 2. The standard InChI is InChI=1S/C21H20FNO3/c22-16-6-7-19-17(12-16)18(15-4-2-1-3-5-15)13-21(26-19)8-10-23(11-9-21)14-20(24)25/h1-7,12-13H,8-11,14H2,(H,24,25). The fraction of sp³-hybridized carbons (Fsp3) is 0.286. The minimum Gasteiger partial charge on any atom is -0.482 e. The maximum atomic E-state index is 13.8. The fourth-order valence-electron chi connectivity index (χ4n) is 3.77. The zero-order valence-corrected chi connectivity index (χ0v) is 14.3. The van der Waals surface area contributed by atoms with Gasteiger partial charge in [-0.3, -0.25) is 9.69 Å². The summed E-state index contributed by atoms with van der Waals surface area (Å²) < 4.78 is 20.1. The molecule has 0 aliphatic carbocycles. The molecule has 2 aliphatic heterocycles. The largest absolute Gasteiger partial charge is 0.482 e. The first-order chi connectivity index (χ1) is 12.5. The molecule has 1 N–H and O–H groups in total. The summed E-state index contributed by atoms with van der Waals surface area (Å²) in [4.78, 5) is 12.9. The van der Waals surface area contributed by atoms with E-state index in [0.717, 1.165) is 16.7 Å². The van der Waals surface area contributed by atoms with E-state index < -0.39 is 11.6 Å². The van der Waals surface area contributed by atoms with Crippen molar-refractivity contribution in [1.82, 2.24) is 4.90 Å². The molecule has 0 amide bonds. The summed E-state index contributed by atoms with van der Waals surface area (Å²) in [6, 6.07) is 14.5. The molecule has 0 unspecified atom stereocenters. The highest BCUT2D eigenvalue weighted by Gasteiger charge is 2.39. The van der Waals surface area contributed by atoms with Gasteiger partial charge in [0.25, 0.3) is 0 Å². The van der Waals surface area contributed by atoms with Crippen molar-refractivity contribution < 1.29 is 19.0 Å². The van der Waals surface area contributed by atoms with E-state index >= 15 is 0 Å². The lowest BCUT2D eigenvalue weighted by atomic mass is 9.83. The number of fused-ring (bicyclic) bond motifs is 1. The first-order valence-corrected chi connectivity index (χ1v) is 8.76. The van der Waals surface area contributed by atoms with Crippen molar-refractivity contribution in [3.63, 3.8) is 0 Å². The summed E-state index contributed by atoms with van der Waals surface area (Å²) in [5.41, 5.74) is 2.27. The Labute approximate surface area is 151 Å². The number of aliphatic carboxylic acids is 1. The van der Waals surface area contributed by atoms with Crippen LogP contribution in [-0.2, 0) is 4.79 Å². The number of piperidine rings is 1. The third-order valence-corrected chi connectivity index (χ3v) is 5.10. The normalized spacial score (nSPS) is 18.7. The molecule has 0 aromatic heterocycles. The summed E-state index contributed by atoms with van der Waals surface area (Å²) in [5, 5.41) is 8.99. The fourth-order valence-corrected chi connectivity index (χ4v) is 3.77. The first-order valence-electron chi connectivity index (χ1n) is 8.76. The minimum absolute atomic E-state index is 0.0487. The number of hydrogen-bond acceptors (Lipinski definition) is 3. The molecule has 26 heavy (non-hydrogen) atoms. The summed E-state index contributed by atoms with van der Waals surface area (Å²) in [6.07, 6.45) is 3.50. The number of carbonyl (C=O) groups is 1. The highest BCUT2D eigenvalue weighted by Crippen LogP contribution is 2.43. The number of nitrogens with zero attached hydrogens (tertiary/aromatic N) is 1. The SMILES string of the molecule is O=C(O)CN1CCC2(C=C(c3ccccc3)c3cc(F)ccc3O2)CC1. The summed E-state index contributed by atoms with van der Waals surface area (Å²) >= 11 is 0. The number of rotatable bonds is 3. The van der Waals surface area contributed by atoms with Crippen molar-refractivity contribution in [2.75, 3.05) is 19.6 Å². The van der Waals surface area contributed by atoms with Gasteiger partial charge >= 0.3 is 5.97 Å². The Morgan fingerprint density at radius 1 is 1.15 bits per heavy atom. The van der Waals surface area contributed by atoms with Crippen LogP contribution in [0.3, 0.4) is 0 Å². The van der Waals surface area contributed by atoms with Crippen LogP contribution in [0.5, 0.6) is 5.75 Å². The van der Waals surface area contributed by atoms with Crippen LogP contribution in [0.25, 0.3) is 5.57 Å². The second-order valence-electron chi connectivity index (χ2n) is 6.90. The summed E-state index contributed by atoms with van der Waals surface area (Å²) in [5.74, 6) is -0.423. The van der Waals surface area contributed by atoms with Gasteiger partial charge in [0.05, 0.1) is 6.54 Å². The Morgan fingerprint density at radius 2 is 1.88 bits per heavy atom. The van der Waals surface area contributed by atoms with Gasteiger partial charge < -0.3 is 9.84 Å². The smallest absolute Gasteiger partial charge is 0.317 e. The van der Waals surface area contributed by atoms with Gasteiger partial charge in [0.2, 0.25) is 0 Å². The molecule has 134 valence electrons. The lowest BCUT2D eigenvalue weighted by Gasteiger charge is -2.42. The molecular formula is C21H20FNO3. The number of ether oxygens (including phenoxy) is 1. The third-order valence-electron chi connectivity index (χ3n) is 5.10. The van der Waals surface area contributed by atoms with Crippen LogP contribution in [-0.4, -0.2) is 41.2 Å². The molecule has 5 heteroatoms. The predicted octanol–water partition coefficient (Wildman–Crippen LogP) is 3.57. The molecular weight excluding hydrogens is 333 g/mol. The molecule has 0 saturated carbocycles. The third kappa shape index (κ3) is 3.22. The maximum absolute atomic E-state index is 13.8. The second-order valence-corrected chi connectivity index (χ2v) is 6.90. The van der Waals surface area contributed by atoms with E-state index in [1.165, 1.54) is 12.1 Å². The molecule has 2 aliphatic rings. The van der Waals surface area contributed by atoms with Gasteiger partial charge in [-0.1, -0.05) is 30.3 Å². The van der Waals surface area contributed by atoms with Crippen LogP contribution in [0, 0.1) is 5.82 Å². The molecule has 4 rings (SSSR count). The van der Waals surface area contributed by atoms with E-state index in [4.69, 9.17) is 9.84 Å². The van der Waals surface area contributed by atoms with E-state index in [-0.39, 0.29) is 12.4 Å². The average Bonchev–Trinajstić information content (AvgIpc) is 2.64. The topological polar surface area (TPSA) is 49.8 Å². The Bertz CT molecular complexity index is 855. The quantitative estimate of drug-likeness (QED) is 0.917. The highest BCUT2D eigenvalue weighted by atomic mass is 19.1. The molecule has 1 spiro atoms. The van der Waals surface area contributed by atoms with Gasteiger partial charge in [0.15, 0.2) is 0 Å². The van der Waals surface area contributed by atoms with Gasteiger partial charge in [0, 0.05) is 31.5 Å². The summed E-state index contributed by atoms with van der Waals surface area (Å²) in [6.45, 7) is 1.36. The molecule has 2 aromatic rings. The highest BCUT2D eigenvalue weighted by molar-refractivity contribution is 5.84. The Balaban J connectivity index is 1.70. The van der Waals surface area contributed by atoms with Gasteiger partial charge in [0.1, 0.15) is 17.2 Å². The molecule has 4 nitrogen and oxygen atoms in total. The number of carboxylic acid groups (broad SMARTS) is 1. The van der Waals surface area contributed by atoms with E-state index in [1.54, 1.807) is 6.07 Å². The maximum Gasteiger partial charge on any atom is 0.317 e. The Hall–Kier alpha value is -2.66. The number of hydrogen-bond donors (Lipinski definition) is 1. The van der Waals surface area contributed by atoms with Crippen LogP contribution in [0.1, 0.15) is 24.0 Å². The molecule has 2 aromatic carbocycles. The van der Waals surface area contributed by atoms with Crippen molar-refractivity contribution in [1.29, 1.82) is 0 Å². The van der Waals surface area contributed by atoms with Crippen LogP contribution in [0.2, 0.25) is 0 Å². The first kappa shape index (κ1) is 16.8. The van der Waals surface area contributed by atoms with Crippen LogP contribution in [0.15, 0.2) is 54.6 Å². The molecule has 1 saturated heterocycles. The monoisotopic (exact) mass is 353 g/mol. The molecule has 2 heterocycles. The van der Waals surface area contributed by atoms with Crippen molar-refractivity contribution in [3.8, 4) is 5.75 Å². The van der Waals surface area contributed by atoms with E-state index in [0.29, 0.717) is 31.7 Å². The number of likely N-dealkylation sites (tertiary alicyclic amines) is 1. The number of halogens is 1. The predicted molar refractivity (Wildman–Crippen MR) is 96.6 cm³/mol. The van der Waals surface area contributed by atoms with E-state index in [2.05, 4.69) is 6.08 Å². The second kappa shape index (κ2) is 6.57. The van der Waals surface area contributed by atoms with Crippen molar-refractivity contribution in [2.24, 2.45) is 0 Å². The molecule has 1 fully saturated rings. The zero-order chi connectivity index (χ0) is 18.1. The lowest BCUT2D eigenvalue weighted by Crippen LogP contribution is -2.49. The zero-order valence-electron chi connectivity index (χ0n) is 14.3. The van der Waals surface area contributed by atoms with E-state index in [1.807, 2.05) is 35.2 Å². The van der Waals surface area contributed by atoms with Crippen molar-refractivity contribution >= 4 is 11.5 Å². The minimum atomic E-state index is -0.813. The van der Waals surface area contributed by atoms with Crippen LogP contribution in [0.4, 0.5) is 4.39 Å². The van der Waals surface area contributed by atoms with Crippen molar-refractivity contribution in [2.45, 2.75) is 18.4 Å². The number of carboxylic acids is 1. The Kier molecular flexibility index (Phi) is 4.24. The van der Waals surface area contributed by atoms with Gasteiger partial charge in [-0.25, -0.2) is 4.39 Å². The van der Waals surface area contributed by atoms with Crippen LogP contribution < -0.4 is 4.74 Å². The van der Waals surface area contributed by atoms with E-state index in [9.17, 15) is 9.18 Å². The lowest BCUT2D eigenvalue weighted by molar-refractivity contribution is -0.139. The van der Waals surface area contributed by atoms with Gasteiger partial charge in [-0.2, -0.15) is 0 Å².